The highest BCUT2D eigenvalue weighted by molar-refractivity contribution is 7.14. The van der Waals surface area contributed by atoms with E-state index in [0.717, 1.165) is 16.5 Å². The van der Waals surface area contributed by atoms with E-state index >= 15 is 0 Å². The lowest BCUT2D eigenvalue weighted by molar-refractivity contribution is -0.114. The summed E-state index contributed by atoms with van der Waals surface area (Å²) in [6, 6.07) is 12.1. The fourth-order valence-electron chi connectivity index (χ4n) is 3.25. The number of carbonyl (C=O) groups excluding carboxylic acids is 2. The molecule has 156 valence electrons. The van der Waals surface area contributed by atoms with Crippen LogP contribution in [0.5, 0.6) is 0 Å². The number of hydrogen-bond acceptors (Lipinski definition) is 5. The van der Waals surface area contributed by atoms with Gasteiger partial charge in [-0.05, 0) is 50.2 Å². The average molecular weight is 434 g/mol. The van der Waals surface area contributed by atoms with Crippen molar-refractivity contribution in [1.29, 1.82) is 0 Å². The van der Waals surface area contributed by atoms with Gasteiger partial charge in [0.25, 0.3) is 5.91 Å². The first-order valence-corrected chi connectivity index (χ1v) is 10.4. The lowest BCUT2D eigenvalue weighted by Gasteiger charge is -2.08. The number of carbonyl (C=O) groups is 2. The van der Waals surface area contributed by atoms with Crippen molar-refractivity contribution >= 4 is 44.9 Å². The lowest BCUT2D eigenvalue weighted by Crippen LogP contribution is -2.14. The summed E-state index contributed by atoms with van der Waals surface area (Å²) in [4.78, 5) is 32.8. The molecule has 2 heterocycles. The number of anilines is 2. The number of halogens is 1. The van der Waals surface area contributed by atoms with Gasteiger partial charge in [-0.25, -0.2) is 9.37 Å². The molecule has 6 nitrogen and oxygen atoms in total. The second kappa shape index (κ2) is 8.23. The molecule has 0 bridgehead atoms. The molecule has 0 aliphatic heterocycles. The number of nitrogens with zero attached hydrogens (tertiary/aromatic N) is 2. The Kier molecular flexibility index (Phi) is 5.48. The summed E-state index contributed by atoms with van der Waals surface area (Å²) in [6.07, 6.45) is 0. The van der Waals surface area contributed by atoms with Gasteiger partial charge in [-0.3, -0.25) is 19.9 Å². The van der Waals surface area contributed by atoms with E-state index in [1.165, 1.54) is 24.3 Å². The quantitative estimate of drug-likeness (QED) is 0.455. The second-order valence-electron chi connectivity index (χ2n) is 7.19. The maximum absolute atomic E-state index is 14.5. The van der Waals surface area contributed by atoms with Crippen LogP contribution in [0.3, 0.4) is 0 Å². The lowest BCUT2D eigenvalue weighted by atomic mass is 10.1. The van der Waals surface area contributed by atoms with Gasteiger partial charge in [-0.1, -0.05) is 11.6 Å². The Balaban J connectivity index is 1.57. The van der Waals surface area contributed by atoms with Crippen molar-refractivity contribution in [2.24, 2.45) is 0 Å². The third-order valence-electron chi connectivity index (χ3n) is 4.70. The SMILES string of the molecule is CC(=O)Nc1ccc(-c2csc(NC(=O)c3cc4cc(C)ccc4nc3C)n2)c(F)c1. The number of fused-ring (bicyclic) bond motifs is 1. The number of aromatic nitrogens is 2. The zero-order chi connectivity index (χ0) is 22.1. The number of amides is 2. The molecule has 2 amide bonds. The van der Waals surface area contributed by atoms with Gasteiger partial charge >= 0.3 is 0 Å². The van der Waals surface area contributed by atoms with Gasteiger partial charge < -0.3 is 5.32 Å². The molecule has 0 saturated carbocycles. The maximum Gasteiger partial charge on any atom is 0.259 e. The van der Waals surface area contributed by atoms with Crippen LogP contribution >= 0.6 is 11.3 Å². The fourth-order valence-corrected chi connectivity index (χ4v) is 3.95. The highest BCUT2D eigenvalue weighted by Crippen LogP contribution is 2.29. The van der Waals surface area contributed by atoms with E-state index in [2.05, 4.69) is 20.6 Å². The monoisotopic (exact) mass is 434 g/mol. The predicted molar refractivity (Wildman–Crippen MR) is 121 cm³/mol. The first-order chi connectivity index (χ1) is 14.8. The largest absolute Gasteiger partial charge is 0.326 e. The van der Waals surface area contributed by atoms with Crippen molar-refractivity contribution in [2.75, 3.05) is 10.6 Å². The van der Waals surface area contributed by atoms with Gasteiger partial charge in [0.15, 0.2) is 5.13 Å². The van der Waals surface area contributed by atoms with Crippen LogP contribution in [0.15, 0.2) is 47.8 Å². The number of thiazole rings is 1. The van der Waals surface area contributed by atoms with E-state index in [-0.39, 0.29) is 17.4 Å². The normalized spacial score (nSPS) is 10.8. The van der Waals surface area contributed by atoms with Crippen molar-refractivity contribution in [3.05, 3.63) is 70.5 Å². The molecular weight excluding hydrogens is 415 g/mol. The zero-order valence-corrected chi connectivity index (χ0v) is 17.9. The molecule has 0 unspecified atom stereocenters. The molecule has 0 radical (unpaired) electrons. The summed E-state index contributed by atoms with van der Waals surface area (Å²) in [5.74, 6) is -1.12. The molecule has 2 N–H and O–H groups in total. The molecule has 0 atom stereocenters. The second-order valence-corrected chi connectivity index (χ2v) is 8.04. The molecule has 0 aliphatic rings. The predicted octanol–water partition coefficient (Wildman–Crippen LogP) is 5.32. The molecule has 0 aliphatic carbocycles. The molecular formula is C23H19FN4O2S. The highest BCUT2D eigenvalue weighted by atomic mass is 32.1. The molecule has 8 heteroatoms. The molecule has 0 spiro atoms. The van der Waals surface area contributed by atoms with E-state index < -0.39 is 5.82 Å². The maximum atomic E-state index is 14.5. The Morgan fingerprint density at radius 1 is 1.00 bits per heavy atom. The van der Waals surface area contributed by atoms with Crippen molar-refractivity contribution in [3.63, 3.8) is 0 Å². The molecule has 4 rings (SSSR count). The zero-order valence-electron chi connectivity index (χ0n) is 17.1. The number of nitrogens with one attached hydrogen (secondary N) is 2. The van der Waals surface area contributed by atoms with Crippen LogP contribution in [0.2, 0.25) is 0 Å². The molecule has 2 aromatic heterocycles. The van der Waals surface area contributed by atoms with Gasteiger partial charge in [0.2, 0.25) is 5.91 Å². The standard InChI is InChI=1S/C23H19FN4O2S/c1-12-4-7-20-15(8-12)9-18(13(2)25-20)22(30)28-23-27-21(11-31-23)17-6-5-16(10-19(17)24)26-14(3)29/h4-11H,1-3H3,(H,26,29)(H,27,28,30). The number of rotatable bonds is 4. The summed E-state index contributed by atoms with van der Waals surface area (Å²) < 4.78 is 14.5. The van der Waals surface area contributed by atoms with Crippen LogP contribution in [0.1, 0.15) is 28.5 Å². The Morgan fingerprint density at radius 2 is 1.81 bits per heavy atom. The molecule has 0 fully saturated rings. The summed E-state index contributed by atoms with van der Waals surface area (Å²) in [5.41, 5.74) is 4.04. The third kappa shape index (κ3) is 4.44. The molecule has 4 aromatic rings. The molecule has 0 saturated heterocycles. The smallest absolute Gasteiger partial charge is 0.259 e. The highest BCUT2D eigenvalue weighted by Gasteiger charge is 2.16. The summed E-state index contributed by atoms with van der Waals surface area (Å²) in [5, 5.41) is 8.22. The van der Waals surface area contributed by atoms with Gasteiger partial charge in [0.1, 0.15) is 5.82 Å². The summed E-state index contributed by atoms with van der Waals surface area (Å²) >= 11 is 1.20. The Morgan fingerprint density at radius 3 is 2.55 bits per heavy atom. The van der Waals surface area contributed by atoms with Crippen LogP contribution in [0, 0.1) is 19.7 Å². The first kappa shape index (κ1) is 20.6. The average Bonchev–Trinajstić information content (AvgIpc) is 3.15. The Bertz CT molecular complexity index is 1330. The van der Waals surface area contributed by atoms with Gasteiger partial charge in [0.05, 0.1) is 22.5 Å². The van der Waals surface area contributed by atoms with Crippen LogP contribution in [0.4, 0.5) is 15.2 Å². The Hall–Kier alpha value is -3.65. The molecule has 2 aromatic carbocycles. The van der Waals surface area contributed by atoms with Crippen molar-refractivity contribution in [2.45, 2.75) is 20.8 Å². The van der Waals surface area contributed by atoms with Gasteiger partial charge in [-0.15, -0.1) is 11.3 Å². The number of hydrogen-bond donors (Lipinski definition) is 2. The topological polar surface area (TPSA) is 84.0 Å². The van der Waals surface area contributed by atoms with Gasteiger partial charge in [-0.2, -0.15) is 0 Å². The Labute approximate surface area is 182 Å². The number of aryl methyl sites for hydroxylation is 2. The fraction of sp³-hybridized carbons (Fsp3) is 0.130. The van der Waals surface area contributed by atoms with E-state index in [4.69, 9.17) is 0 Å². The van der Waals surface area contributed by atoms with Crippen molar-refractivity contribution < 1.29 is 14.0 Å². The minimum Gasteiger partial charge on any atom is -0.326 e. The minimum absolute atomic E-state index is 0.278. The van der Waals surface area contributed by atoms with Crippen molar-refractivity contribution in [1.82, 2.24) is 9.97 Å². The van der Waals surface area contributed by atoms with Crippen molar-refractivity contribution in [3.8, 4) is 11.3 Å². The van der Waals surface area contributed by atoms with E-state index in [0.29, 0.717) is 27.8 Å². The third-order valence-corrected chi connectivity index (χ3v) is 5.45. The van der Waals surface area contributed by atoms with E-state index in [1.54, 1.807) is 24.4 Å². The van der Waals surface area contributed by atoms with Crippen LogP contribution in [0.25, 0.3) is 22.2 Å². The summed E-state index contributed by atoms with van der Waals surface area (Å²) in [7, 11) is 0. The number of benzene rings is 2. The van der Waals surface area contributed by atoms with Gasteiger partial charge in [0, 0.05) is 28.9 Å². The number of pyridine rings is 1. The van der Waals surface area contributed by atoms with Crippen LogP contribution < -0.4 is 10.6 Å². The minimum atomic E-state index is -0.514. The van der Waals surface area contributed by atoms with E-state index in [1.807, 2.05) is 31.2 Å². The first-order valence-electron chi connectivity index (χ1n) is 9.52. The molecule has 31 heavy (non-hydrogen) atoms. The summed E-state index contributed by atoms with van der Waals surface area (Å²) in [6.45, 7) is 5.13. The van der Waals surface area contributed by atoms with Crippen LogP contribution in [-0.4, -0.2) is 21.8 Å². The van der Waals surface area contributed by atoms with E-state index in [9.17, 15) is 14.0 Å². The van der Waals surface area contributed by atoms with Crippen LogP contribution in [-0.2, 0) is 4.79 Å².